The number of hydrogen-bond acceptors (Lipinski definition) is 7. The van der Waals surface area contributed by atoms with Crippen molar-refractivity contribution in [1.29, 1.82) is 0 Å². The van der Waals surface area contributed by atoms with Gasteiger partial charge in [-0.3, -0.25) is 24.2 Å². The molecule has 0 unspecified atom stereocenters. The van der Waals surface area contributed by atoms with Crippen LogP contribution < -0.4 is 23.8 Å². The number of rotatable bonds is 8. The number of benzene rings is 3. The standard InChI is InChI=1S/C26H24N2O7/c1-32-18-11-9-17(10-12-18)27(15-28-25(30)19-7-5-6-8-20(19)26(28)31)24(29)16-13-21(33-2)23(35-4)22(14-16)34-3/h5-14H,15H2,1-4H3. The van der Waals surface area contributed by atoms with Crippen LogP contribution in [-0.2, 0) is 0 Å². The second kappa shape index (κ2) is 9.76. The van der Waals surface area contributed by atoms with Crippen LogP contribution in [0.5, 0.6) is 23.0 Å². The smallest absolute Gasteiger partial charge is 0.263 e. The van der Waals surface area contributed by atoms with Gasteiger partial charge >= 0.3 is 0 Å². The van der Waals surface area contributed by atoms with E-state index in [0.717, 1.165) is 4.90 Å². The quantitative estimate of drug-likeness (QED) is 0.458. The molecule has 0 saturated heterocycles. The maximum atomic E-state index is 13.8. The summed E-state index contributed by atoms with van der Waals surface area (Å²) in [5.41, 5.74) is 1.27. The minimum absolute atomic E-state index is 0.215. The molecule has 9 heteroatoms. The molecule has 1 heterocycles. The van der Waals surface area contributed by atoms with Gasteiger partial charge < -0.3 is 18.9 Å². The molecule has 0 fully saturated rings. The van der Waals surface area contributed by atoms with Crippen molar-refractivity contribution in [3.8, 4) is 23.0 Å². The highest BCUT2D eigenvalue weighted by molar-refractivity contribution is 6.22. The van der Waals surface area contributed by atoms with Crippen LogP contribution in [0.15, 0.2) is 60.7 Å². The van der Waals surface area contributed by atoms with E-state index in [2.05, 4.69) is 0 Å². The number of methoxy groups -OCH3 is 4. The van der Waals surface area contributed by atoms with Crippen molar-refractivity contribution in [3.05, 3.63) is 77.4 Å². The highest BCUT2D eigenvalue weighted by atomic mass is 16.5. The van der Waals surface area contributed by atoms with E-state index in [4.69, 9.17) is 18.9 Å². The van der Waals surface area contributed by atoms with Crippen LogP contribution in [0.25, 0.3) is 0 Å². The summed E-state index contributed by atoms with van der Waals surface area (Å²) in [6.45, 7) is -0.297. The van der Waals surface area contributed by atoms with Crippen molar-refractivity contribution in [3.63, 3.8) is 0 Å². The zero-order chi connectivity index (χ0) is 25.1. The largest absolute Gasteiger partial charge is 0.497 e. The van der Waals surface area contributed by atoms with Gasteiger partial charge in [0.1, 0.15) is 12.4 Å². The number of amides is 3. The van der Waals surface area contributed by atoms with E-state index in [-0.39, 0.29) is 12.2 Å². The third-order valence-electron chi connectivity index (χ3n) is 5.70. The number of imide groups is 1. The Morgan fingerprint density at radius 2 is 1.31 bits per heavy atom. The van der Waals surface area contributed by atoms with Crippen molar-refractivity contribution in [2.45, 2.75) is 0 Å². The molecule has 3 aromatic carbocycles. The Bertz CT molecular complexity index is 1230. The topological polar surface area (TPSA) is 94.6 Å². The Hall–Kier alpha value is -4.53. The number of anilines is 1. The van der Waals surface area contributed by atoms with E-state index in [0.29, 0.717) is 39.8 Å². The molecule has 4 rings (SSSR count). The molecule has 35 heavy (non-hydrogen) atoms. The van der Waals surface area contributed by atoms with Gasteiger partial charge in [-0.1, -0.05) is 12.1 Å². The van der Waals surface area contributed by atoms with Gasteiger partial charge in [-0.2, -0.15) is 0 Å². The predicted octanol–water partition coefficient (Wildman–Crippen LogP) is 3.62. The molecule has 0 saturated carbocycles. The second-order valence-electron chi connectivity index (χ2n) is 7.57. The van der Waals surface area contributed by atoms with Crippen molar-refractivity contribution in [1.82, 2.24) is 4.90 Å². The molecule has 0 aliphatic carbocycles. The lowest BCUT2D eigenvalue weighted by atomic mass is 10.1. The lowest BCUT2D eigenvalue weighted by Crippen LogP contribution is -2.44. The average Bonchev–Trinajstić information content (AvgIpc) is 3.15. The predicted molar refractivity (Wildman–Crippen MR) is 128 cm³/mol. The van der Waals surface area contributed by atoms with Crippen molar-refractivity contribution in [2.75, 3.05) is 40.0 Å². The number of carbonyl (C=O) groups excluding carboxylic acids is 3. The summed E-state index contributed by atoms with van der Waals surface area (Å²) in [6.07, 6.45) is 0. The van der Waals surface area contributed by atoms with Crippen molar-refractivity contribution in [2.24, 2.45) is 0 Å². The van der Waals surface area contributed by atoms with Gasteiger partial charge in [0.05, 0.1) is 39.6 Å². The molecular formula is C26H24N2O7. The minimum Gasteiger partial charge on any atom is -0.497 e. The van der Waals surface area contributed by atoms with Crippen LogP contribution in [0, 0.1) is 0 Å². The highest BCUT2D eigenvalue weighted by Gasteiger charge is 2.37. The molecular weight excluding hydrogens is 452 g/mol. The number of carbonyl (C=O) groups is 3. The van der Waals surface area contributed by atoms with Gasteiger partial charge in [0, 0.05) is 11.3 Å². The van der Waals surface area contributed by atoms with Crippen LogP contribution in [0.4, 0.5) is 5.69 Å². The molecule has 3 amide bonds. The molecule has 0 radical (unpaired) electrons. The lowest BCUT2D eigenvalue weighted by Gasteiger charge is -2.27. The first-order valence-electron chi connectivity index (χ1n) is 10.6. The van der Waals surface area contributed by atoms with E-state index < -0.39 is 17.7 Å². The Kier molecular flexibility index (Phi) is 6.59. The van der Waals surface area contributed by atoms with Gasteiger partial charge in [-0.05, 0) is 48.5 Å². The molecule has 0 atom stereocenters. The summed E-state index contributed by atoms with van der Waals surface area (Å²) >= 11 is 0. The van der Waals surface area contributed by atoms with Gasteiger partial charge in [0.15, 0.2) is 11.5 Å². The van der Waals surface area contributed by atoms with Crippen LogP contribution in [0.2, 0.25) is 0 Å². The third-order valence-corrected chi connectivity index (χ3v) is 5.70. The fourth-order valence-electron chi connectivity index (χ4n) is 3.89. The molecule has 9 nitrogen and oxygen atoms in total. The van der Waals surface area contributed by atoms with Crippen molar-refractivity contribution < 1.29 is 33.3 Å². The number of ether oxygens (including phenoxy) is 4. The maximum Gasteiger partial charge on any atom is 0.263 e. The molecule has 1 aliphatic rings. The van der Waals surface area contributed by atoms with Crippen LogP contribution in [0.1, 0.15) is 31.1 Å². The first-order valence-corrected chi connectivity index (χ1v) is 10.6. The SMILES string of the molecule is COc1ccc(N(CN2C(=O)c3ccccc3C2=O)C(=O)c2cc(OC)c(OC)c(OC)c2)cc1. The summed E-state index contributed by atoms with van der Waals surface area (Å²) < 4.78 is 21.3. The number of fused-ring (bicyclic) bond motifs is 1. The highest BCUT2D eigenvalue weighted by Crippen LogP contribution is 2.39. The third kappa shape index (κ3) is 4.23. The summed E-state index contributed by atoms with van der Waals surface area (Å²) in [7, 11) is 5.90. The van der Waals surface area contributed by atoms with Gasteiger partial charge in [0.25, 0.3) is 17.7 Å². The fraction of sp³-hybridized carbons (Fsp3) is 0.192. The summed E-state index contributed by atoms with van der Waals surface area (Å²) in [6, 6.07) is 16.3. The zero-order valence-corrected chi connectivity index (χ0v) is 19.7. The molecule has 1 aliphatic heterocycles. The normalized spacial score (nSPS) is 12.3. The summed E-state index contributed by atoms with van der Waals surface area (Å²) in [4.78, 5) is 42.2. The van der Waals surface area contributed by atoms with Crippen molar-refractivity contribution >= 4 is 23.4 Å². The average molecular weight is 476 g/mol. The van der Waals surface area contributed by atoms with Gasteiger partial charge in [-0.15, -0.1) is 0 Å². The molecule has 0 bridgehead atoms. The second-order valence-corrected chi connectivity index (χ2v) is 7.57. The zero-order valence-electron chi connectivity index (χ0n) is 19.7. The fourth-order valence-corrected chi connectivity index (χ4v) is 3.89. The maximum absolute atomic E-state index is 13.8. The lowest BCUT2D eigenvalue weighted by molar-refractivity contribution is 0.0650. The molecule has 0 aromatic heterocycles. The van der Waals surface area contributed by atoms with E-state index in [9.17, 15) is 14.4 Å². The van der Waals surface area contributed by atoms with E-state index in [1.807, 2.05) is 0 Å². The first-order chi connectivity index (χ1) is 16.9. The molecule has 0 N–H and O–H groups in total. The summed E-state index contributed by atoms with van der Waals surface area (Å²) in [5, 5.41) is 0. The van der Waals surface area contributed by atoms with E-state index in [1.54, 1.807) is 48.5 Å². The van der Waals surface area contributed by atoms with E-state index >= 15 is 0 Å². The molecule has 180 valence electrons. The van der Waals surface area contributed by atoms with Crippen LogP contribution in [0.3, 0.4) is 0 Å². The Labute approximate surface area is 202 Å². The number of nitrogens with zero attached hydrogens (tertiary/aromatic N) is 2. The Balaban J connectivity index is 1.76. The Morgan fingerprint density at radius 1 is 0.771 bits per heavy atom. The van der Waals surface area contributed by atoms with E-state index in [1.165, 1.54) is 45.5 Å². The molecule has 3 aromatic rings. The first kappa shape index (κ1) is 23.6. The monoisotopic (exact) mass is 476 g/mol. The van der Waals surface area contributed by atoms with Crippen LogP contribution in [-0.4, -0.2) is 57.7 Å². The summed E-state index contributed by atoms with van der Waals surface area (Å²) in [5.74, 6) is 0.100. The minimum atomic E-state index is -0.481. The van der Waals surface area contributed by atoms with Crippen LogP contribution >= 0.6 is 0 Å². The Morgan fingerprint density at radius 3 is 1.77 bits per heavy atom. The van der Waals surface area contributed by atoms with Gasteiger partial charge in [0.2, 0.25) is 5.75 Å². The molecule has 0 spiro atoms. The van der Waals surface area contributed by atoms with Gasteiger partial charge in [-0.25, -0.2) is 0 Å². The number of hydrogen-bond donors (Lipinski definition) is 0.